The fourth-order valence-electron chi connectivity index (χ4n) is 1.95. The van der Waals surface area contributed by atoms with Gasteiger partial charge in [-0.15, -0.1) is 11.3 Å². The van der Waals surface area contributed by atoms with Crippen molar-refractivity contribution in [2.24, 2.45) is 0 Å². The Hall–Kier alpha value is -2.62. The van der Waals surface area contributed by atoms with Crippen LogP contribution in [0.5, 0.6) is 0 Å². The van der Waals surface area contributed by atoms with Crippen molar-refractivity contribution < 1.29 is 27.5 Å². The molecule has 10 heteroatoms. The second-order valence-corrected chi connectivity index (χ2v) is 6.20. The number of nitrogens with one attached hydrogen (secondary N) is 2. The summed E-state index contributed by atoms with van der Waals surface area (Å²) in [7, 11) is 0.798. The number of thiazole rings is 1. The summed E-state index contributed by atoms with van der Waals surface area (Å²) in [5, 5.41) is 3.51. The second-order valence-electron chi connectivity index (χ2n) is 4.96. The molecule has 0 fully saturated rings. The molecule has 134 valence electrons. The van der Waals surface area contributed by atoms with E-state index < -0.39 is 23.7 Å². The number of rotatable bonds is 5. The Morgan fingerprint density at radius 3 is 2.32 bits per heavy atom. The molecule has 25 heavy (non-hydrogen) atoms. The first kappa shape index (κ1) is 18.7. The number of alkyl halides is 3. The van der Waals surface area contributed by atoms with E-state index in [0.717, 1.165) is 18.4 Å². The summed E-state index contributed by atoms with van der Waals surface area (Å²) in [6.07, 6.45) is -3.85. The van der Waals surface area contributed by atoms with Gasteiger partial charge in [0, 0.05) is 16.6 Å². The number of methoxy groups -OCH3 is 1. The Bertz CT molecular complexity index is 764. The van der Waals surface area contributed by atoms with Gasteiger partial charge in [-0.1, -0.05) is 18.2 Å². The Labute approximate surface area is 145 Å². The van der Waals surface area contributed by atoms with Gasteiger partial charge in [-0.05, 0) is 19.1 Å². The predicted molar refractivity (Wildman–Crippen MR) is 85.2 cm³/mol. The van der Waals surface area contributed by atoms with E-state index in [1.165, 1.54) is 30.5 Å². The number of nitrogens with zero attached hydrogens (tertiary/aromatic N) is 1. The van der Waals surface area contributed by atoms with E-state index in [9.17, 15) is 22.8 Å². The molecule has 2 aromatic rings. The van der Waals surface area contributed by atoms with Crippen molar-refractivity contribution in [2.75, 3.05) is 12.4 Å². The number of anilines is 1. The number of aryl methyl sites for hydroxylation is 1. The number of carbonyl (C=O) groups excluding carboxylic acids is 2. The molecule has 0 saturated carbocycles. The number of ether oxygens (including phenoxy) is 1. The van der Waals surface area contributed by atoms with Crippen LogP contribution in [0.3, 0.4) is 0 Å². The number of halogens is 3. The fraction of sp³-hybridized carbons (Fsp3) is 0.267. The first-order valence-corrected chi connectivity index (χ1v) is 7.74. The molecular formula is C15H14F3N3O3S. The van der Waals surface area contributed by atoms with Crippen molar-refractivity contribution in [1.82, 2.24) is 10.3 Å². The summed E-state index contributed by atoms with van der Waals surface area (Å²) >= 11 is 0.900. The molecule has 0 radical (unpaired) electrons. The molecular weight excluding hydrogens is 359 g/mol. The Morgan fingerprint density at radius 2 is 1.84 bits per heavy atom. The maximum absolute atomic E-state index is 13.8. The monoisotopic (exact) mass is 373 g/mol. The first-order chi connectivity index (χ1) is 11.7. The largest absolute Gasteiger partial charge is 0.466 e. The summed E-state index contributed by atoms with van der Waals surface area (Å²) in [6, 6.07) is 7.22. The average Bonchev–Trinajstić information content (AvgIpc) is 2.98. The predicted octanol–water partition coefficient (Wildman–Crippen LogP) is 2.73. The third-order valence-electron chi connectivity index (χ3n) is 3.17. The molecule has 1 atom stereocenters. The van der Waals surface area contributed by atoms with Gasteiger partial charge in [0.15, 0.2) is 5.13 Å². The van der Waals surface area contributed by atoms with Crippen LogP contribution >= 0.6 is 11.3 Å². The van der Waals surface area contributed by atoms with Gasteiger partial charge in [0.1, 0.15) is 0 Å². The van der Waals surface area contributed by atoms with Gasteiger partial charge >= 0.3 is 17.8 Å². The van der Waals surface area contributed by atoms with Crippen molar-refractivity contribution in [3.05, 3.63) is 47.0 Å². The average molecular weight is 373 g/mol. The minimum Gasteiger partial charge on any atom is -0.466 e. The highest BCUT2D eigenvalue weighted by Gasteiger charge is 2.64. The van der Waals surface area contributed by atoms with Gasteiger partial charge < -0.3 is 15.4 Å². The molecule has 2 rings (SSSR count). The van der Waals surface area contributed by atoms with Crippen molar-refractivity contribution in [2.45, 2.75) is 18.8 Å². The number of benzene rings is 1. The van der Waals surface area contributed by atoms with Crippen molar-refractivity contribution >= 4 is 28.3 Å². The lowest BCUT2D eigenvalue weighted by atomic mass is 10.1. The molecule has 0 aliphatic rings. The van der Waals surface area contributed by atoms with Crippen molar-refractivity contribution in [1.29, 1.82) is 0 Å². The Morgan fingerprint density at radius 1 is 1.20 bits per heavy atom. The molecule has 6 nitrogen and oxygen atoms in total. The van der Waals surface area contributed by atoms with Crippen LogP contribution in [0.15, 0.2) is 36.5 Å². The Balaban J connectivity index is 2.46. The normalized spacial score (nSPS) is 13.6. The molecule has 0 aliphatic carbocycles. The molecule has 0 spiro atoms. The lowest BCUT2D eigenvalue weighted by Crippen LogP contribution is -2.69. The molecule has 0 bridgehead atoms. The molecule has 0 saturated heterocycles. The summed E-state index contributed by atoms with van der Waals surface area (Å²) in [5.74, 6) is -2.80. The van der Waals surface area contributed by atoms with Crippen LogP contribution in [0.2, 0.25) is 0 Å². The summed E-state index contributed by atoms with van der Waals surface area (Å²) in [6.45, 7) is 1.64. The summed E-state index contributed by atoms with van der Waals surface area (Å²) < 4.78 is 45.6. The van der Waals surface area contributed by atoms with E-state index in [-0.39, 0.29) is 10.7 Å². The minimum atomic E-state index is -5.19. The van der Waals surface area contributed by atoms with E-state index in [1.807, 2.05) is 5.32 Å². The number of aromatic nitrogens is 1. The topological polar surface area (TPSA) is 80.3 Å². The van der Waals surface area contributed by atoms with Gasteiger partial charge in [0.05, 0.1) is 7.11 Å². The fourth-order valence-corrected chi connectivity index (χ4v) is 2.67. The standard InChI is InChI=1S/C15H14F3N3O3S/c1-9-8-19-13(25-9)21-14(12(23)24-2,15(16,17)18)20-11(22)10-6-4-3-5-7-10/h3-8H,1-2H3,(H,19,21)(H,20,22). The van der Waals surface area contributed by atoms with E-state index in [0.29, 0.717) is 4.88 Å². The van der Waals surface area contributed by atoms with Gasteiger partial charge in [-0.25, -0.2) is 9.78 Å². The summed E-state index contributed by atoms with van der Waals surface area (Å²) in [4.78, 5) is 28.6. The van der Waals surface area contributed by atoms with Crippen molar-refractivity contribution in [3.63, 3.8) is 0 Å². The van der Waals surface area contributed by atoms with Crippen LogP contribution in [0.25, 0.3) is 0 Å². The maximum Gasteiger partial charge on any atom is 0.442 e. The van der Waals surface area contributed by atoms with E-state index in [4.69, 9.17) is 0 Å². The number of hydrogen-bond acceptors (Lipinski definition) is 6. The van der Waals surface area contributed by atoms with Crippen LogP contribution in [0, 0.1) is 6.92 Å². The van der Waals surface area contributed by atoms with Gasteiger partial charge in [-0.2, -0.15) is 13.2 Å². The summed E-state index contributed by atoms with van der Waals surface area (Å²) in [5.41, 5.74) is -3.52. The highest BCUT2D eigenvalue weighted by molar-refractivity contribution is 7.15. The molecule has 1 unspecified atom stereocenters. The number of hydrogen-bond donors (Lipinski definition) is 2. The van der Waals surface area contributed by atoms with E-state index in [2.05, 4.69) is 9.72 Å². The van der Waals surface area contributed by atoms with Crippen LogP contribution in [-0.4, -0.2) is 35.8 Å². The maximum atomic E-state index is 13.8. The highest BCUT2D eigenvalue weighted by atomic mass is 32.1. The van der Waals surface area contributed by atoms with Gasteiger partial charge in [0.25, 0.3) is 5.91 Å². The third-order valence-corrected chi connectivity index (χ3v) is 4.00. The lowest BCUT2D eigenvalue weighted by molar-refractivity contribution is -0.203. The molecule has 2 N–H and O–H groups in total. The quantitative estimate of drug-likeness (QED) is 0.622. The second kappa shape index (κ2) is 7.09. The molecule has 1 heterocycles. The van der Waals surface area contributed by atoms with Crippen LogP contribution in [0.1, 0.15) is 15.2 Å². The number of amides is 1. The third kappa shape index (κ3) is 3.90. The van der Waals surface area contributed by atoms with Gasteiger partial charge in [-0.3, -0.25) is 4.79 Å². The zero-order chi connectivity index (χ0) is 18.7. The van der Waals surface area contributed by atoms with Gasteiger partial charge in [0.2, 0.25) is 0 Å². The zero-order valence-electron chi connectivity index (χ0n) is 13.2. The molecule has 1 aromatic heterocycles. The molecule has 0 aliphatic heterocycles. The smallest absolute Gasteiger partial charge is 0.442 e. The lowest BCUT2D eigenvalue weighted by Gasteiger charge is -2.34. The van der Waals surface area contributed by atoms with Crippen LogP contribution in [-0.2, 0) is 9.53 Å². The minimum absolute atomic E-state index is 0.0443. The highest BCUT2D eigenvalue weighted by Crippen LogP contribution is 2.34. The van der Waals surface area contributed by atoms with Crippen molar-refractivity contribution in [3.8, 4) is 0 Å². The van der Waals surface area contributed by atoms with E-state index in [1.54, 1.807) is 18.3 Å². The zero-order valence-corrected chi connectivity index (χ0v) is 14.0. The number of carbonyl (C=O) groups is 2. The molecule has 1 aromatic carbocycles. The van der Waals surface area contributed by atoms with Crippen LogP contribution in [0.4, 0.5) is 18.3 Å². The first-order valence-electron chi connectivity index (χ1n) is 6.93. The van der Waals surface area contributed by atoms with E-state index >= 15 is 0 Å². The van der Waals surface area contributed by atoms with Crippen LogP contribution < -0.4 is 10.6 Å². The SMILES string of the molecule is COC(=O)C(NC(=O)c1ccccc1)(Nc1ncc(C)s1)C(F)(F)F. The Kier molecular flexibility index (Phi) is 5.31. The molecule has 1 amide bonds. The number of esters is 1.